The largest absolute Gasteiger partial charge is 0.394 e. The van der Waals surface area contributed by atoms with E-state index < -0.39 is 18.0 Å². The summed E-state index contributed by atoms with van der Waals surface area (Å²) in [5, 5.41) is 30.2. The van der Waals surface area contributed by atoms with E-state index in [1.54, 1.807) is 5.57 Å². The van der Waals surface area contributed by atoms with Crippen molar-refractivity contribution in [2.24, 2.45) is 45.3 Å². The standard InChI is InChI=1S/C36H62O5/c1-23(10-9-16-32(2,3)39)26-15-17-36(8)29-13-11-27-28(34(29,6)18-19-35(26,36)7)12-14-30(33(27,4)5)41-31-21-24(38)20-25(22-37)40-31/h11,23-26,28-31,37-39H,9-10,12-22H2,1-8H3/t23-,24+,25+,26?,28?,29?,30+,31+,34+,35-,36+/m1/s1. The summed E-state index contributed by atoms with van der Waals surface area (Å²) in [6.07, 6.45) is 14.4. The molecule has 0 bridgehead atoms. The lowest BCUT2D eigenvalue weighted by Gasteiger charge is -2.66. The number of aliphatic hydroxyl groups excluding tert-OH is 2. The van der Waals surface area contributed by atoms with Crippen LogP contribution in [0.3, 0.4) is 0 Å². The number of rotatable bonds is 8. The molecule has 4 fully saturated rings. The summed E-state index contributed by atoms with van der Waals surface area (Å²) in [5.74, 6) is 2.80. The van der Waals surface area contributed by atoms with E-state index in [1.807, 2.05) is 13.8 Å². The highest BCUT2D eigenvalue weighted by molar-refractivity contribution is 5.30. The molecule has 0 radical (unpaired) electrons. The first-order valence-electron chi connectivity index (χ1n) is 17.1. The van der Waals surface area contributed by atoms with Crippen molar-refractivity contribution in [1.82, 2.24) is 0 Å². The number of allylic oxidation sites excluding steroid dienone is 1. The highest BCUT2D eigenvalue weighted by Crippen LogP contribution is 2.75. The van der Waals surface area contributed by atoms with E-state index in [4.69, 9.17) is 9.47 Å². The van der Waals surface area contributed by atoms with E-state index in [1.165, 1.54) is 38.5 Å². The van der Waals surface area contributed by atoms with Crippen LogP contribution in [0.2, 0.25) is 0 Å². The second-order valence-electron chi connectivity index (χ2n) is 17.1. The lowest BCUT2D eigenvalue weighted by molar-refractivity contribution is -0.256. The Morgan fingerprint density at radius 1 is 1.02 bits per heavy atom. The molecule has 41 heavy (non-hydrogen) atoms. The van der Waals surface area contributed by atoms with E-state index >= 15 is 0 Å². The Kier molecular flexibility index (Phi) is 8.70. The van der Waals surface area contributed by atoms with E-state index in [0.717, 1.165) is 31.6 Å². The molecule has 11 atom stereocenters. The summed E-state index contributed by atoms with van der Waals surface area (Å²) in [6, 6.07) is 0. The first-order valence-corrected chi connectivity index (χ1v) is 17.1. The third-order valence-electron chi connectivity index (χ3n) is 13.9. The van der Waals surface area contributed by atoms with Crippen LogP contribution in [0.4, 0.5) is 0 Å². The van der Waals surface area contributed by atoms with Crippen LogP contribution in [0.5, 0.6) is 0 Å². The average molecular weight is 575 g/mol. The SMILES string of the molecule is C[C@H](CCCC(C)(C)O)C1CC[C@@]2(C)C3CC=C4C(CC[C@H](O[C@H]5C[C@@H](O)C[C@@H](CO)O5)C4(C)C)[C@]3(C)CC[C@]12C. The van der Waals surface area contributed by atoms with Crippen molar-refractivity contribution >= 4 is 0 Å². The summed E-state index contributed by atoms with van der Waals surface area (Å²) in [5.41, 5.74) is 2.03. The maximum atomic E-state index is 10.3. The Morgan fingerprint density at radius 2 is 1.76 bits per heavy atom. The maximum absolute atomic E-state index is 10.3. The molecule has 3 unspecified atom stereocenters. The van der Waals surface area contributed by atoms with Crippen LogP contribution in [0.25, 0.3) is 0 Å². The van der Waals surface area contributed by atoms with Crippen LogP contribution in [0, 0.1) is 45.3 Å². The van der Waals surface area contributed by atoms with Gasteiger partial charge in [0.2, 0.25) is 0 Å². The highest BCUT2D eigenvalue weighted by Gasteiger charge is 2.67. The van der Waals surface area contributed by atoms with Gasteiger partial charge in [-0.3, -0.25) is 0 Å². The summed E-state index contributed by atoms with van der Waals surface area (Å²) in [6.45, 7) is 19.0. The van der Waals surface area contributed by atoms with Gasteiger partial charge in [-0.25, -0.2) is 0 Å². The fraction of sp³-hybridized carbons (Fsp3) is 0.944. The Balaban J connectivity index is 1.33. The van der Waals surface area contributed by atoms with Gasteiger partial charge < -0.3 is 24.8 Å². The third-order valence-corrected chi connectivity index (χ3v) is 13.9. The predicted molar refractivity (Wildman–Crippen MR) is 164 cm³/mol. The van der Waals surface area contributed by atoms with Crippen LogP contribution in [-0.4, -0.2) is 52.1 Å². The fourth-order valence-electron chi connectivity index (χ4n) is 11.3. The molecular formula is C36H62O5. The predicted octanol–water partition coefficient (Wildman–Crippen LogP) is 7.41. The molecule has 3 saturated carbocycles. The van der Waals surface area contributed by atoms with Crippen molar-refractivity contribution in [2.45, 2.75) is 163 Å². The summed E-state index contributed by atoms with van der Waals surface area (Å²) in [7, 11) is 0. The van der Waals surface area contributed by atoms with Crippen LogP contribution in [0.15, 0.2) is 11.6 Å². The second kappa shape index (κ2) is 11.2. The van der Waals surface area contributed by atoms with Gasteiger partial charge in [-0.1, -0.05) is 66.0 Å². The Bertz CT molecular complexity index is 968. The summed E-state index contributed by atoms with van der Waals surface area (Å²) in [4.78, 5) is 0. The molecule has 1 saturated heterocycles. The molecule has 0 aromatic rings. The van der Waals surface area contributed by atoms with Crippen molar-refractivity contribution < 1.29 is 24.8 Å². The lowest BCUT2D eigenvalue weighted by atomic mass is 9.39. The number of ether oxygens (including phenoxy) is 2. The molecular weight excluding hydrogens is 512 g/mol. The minimum Gasteiger partial charge on any atom is -0.394 e. The molecule has 0 aromatic carbocycles. The molecule has 5 heteroatoms. The smallest absolute Gasteiger partial charge is 0.160 e. The quantitative estimate of drug-likeness (QED) is 0.263. The normalized spacial score (nSPS) is 46.7. The summed E-state index contributed by atoms with van der Waals surface area (Å²) < 4.78 is 12.6. The van der Waals surface area contributed by atoms with Gasteiger partial charge in [0.25, 0.3) is 0 Å². The van der Waals surface area contributed by atoms with Gasteiger partial charge in [-0.15, -0.1) is 0 Å². The van der Waals surface area contributed by atoms with Gasteiger partial charge >= 0.3 is 0 Å². The van der Waals surface area contributed by atoms with Crippen LogP contribution < -0.4 is 0 Å². The maximum Gasteiger partial charge on any atom is 0.160 e. The van der Waals surface area contributed by atoms with Crippen LogP contribution in [-0.2, 0) is 9.47 Å². The molecule has 0 amide bonds. The van der Waals surface area contributed by atoms with Crippen LogP contribution >= 0.6 is 0 Å². The topological polar surface area (TPSA) is 79.2 Å². The summed E-state index contributed by atoms with van der Waals surface area (Å²) >= 11 is 0. The van der Waals surface area contributed by atoms with Crippen molar-refractivity contribution in [3.63, 3.8) is 0 Å². The average Bonchev–Trinajstić information content (AvgIpc) is 3.15. The van der Waals surface area contributed by atoms with Gasteiger partial charge in [0.1, 0.15) is 0 Å². The van der Waals surface area contributed by atoms with E-state index in [9.17, 15) is 15.3 Å². The molecule has 0 spiro atoms. The van der Waals surface area contributed by atoms with Crippen molar-refractivity contribution in [2.75, 3.05) is 6.61 Å². The minimum absolute atomic E-state index is 0.0600. The number of hydrogen-bond donors (Lipinski definition) is 3. The van der Waals surface area contributed by atoms with Crippen LogP contribution in [0.1, 0.15) is 132 Å². The van der Waals surface area contributed by atoms with Crippen molar-refractivity contribution in [3.05, 3.63) is 11.6 Å². The van der Waals surface area contributed by atoms with Gasteiger partial charge in [-0.2, -0.15) is 0 Å². The molecule has 0 aromatic heterocycles. The lowest BCUT2D eigenvalue weighted by Crippen LogP contribution is -2.59. The zero-order chi connectivity index (χ0) is 30.0. The van der Waals surface area contributed by atoms with Gasteiger partial charge in [0.15, 0.2) is 6.29 Å². The van der Waals surface area contributed by atoms with Gasteiger partial charge in [0.05, 0.1) is 30.5 Å². The number of fused-ring (bicyclic) bond motifs is 5. The molecule has 5 rings (SSSR count). The zero-order valence-electron chi connectivity index (χ0n) is 27.5. The first-order chi connectivity index (χ1) is 19.0. The molecule has 1 aliphatic heterocycles. The van der Waals surface area contributed by atoms with Gasteiger partial charge in [-0.05, 0) is 105 Å². The molecule has 5 nitrogen and oxygen atoms in total. The molecule has 1 heterocycles. The van der Waals surface area contributed by atoms with E-state index in [2.05, 4.69) is 47.6 Å². The number of aliphatic hydroxyl groups is 3. The Hall–Kier alpha value is -0.460. The fourth-order valence-corrected chi connectivity index (χ4v) is 11.3. The minimum atomic E-state index is -0.559. The molecule has 236 valence electrons. The molecule has 5 aliphatic rings. The van der Waals surface area contributed by atoms with Gasteiger partial charge in [0, 0.05) is 18.3 Å². The highest BCUT2D eigenvalue weighted by atomic mass is 16.7. The van der Waals surface area contributed by atoms with E-state index in [-0.39, 0.29) is 24.2 Å². The number of hydrogen-bond acceptors (Lipinski definition) is 5. The molecule has 4 aliphatic carbocycles. The Labute approximate surface area is 250 Å². The monoisotopic (exact) mass is 574 g/mol. The van der Waals surface area contributed by atoms with Crippen molar-refractivity contribution in [3.8, 4) is 0 Å². The Morgan fingerprint density at radius 3 is 2.44 bits per heavy atom. The zero-order valence-corrected chi connectivity index (χ0v) is 27.5. The van der Waals surface area contributed by atoms with E-state index in [0.29, 0.717) is 46.8 Å². The molecule has 3 N–H and O–H groups in total. The first kappa shape index (κ1) is 31.9. The van der Waals surface area contributed by atoms with Crippen molar-refractivity contribution in [1.29, 1.82) is 0 Å². The third kappa shape index (κ3) is 5.51. The second-order valence-corrected chi connectivity index (χ2v) is 17.1.